The van der Waals surface area contributed by atoms with Crippen LogP contribution in [-0.4, -0.2) is 77.2 Å². The Morgan fingerprint density at radius 2 is 1.65 bits per heavy atom. The molecule has 0 aliphatic carbocycles. The molecule has 10 heteroatoms. The number of rotatable bonds is 13. The molecule has 0 saturated heterocycles. The van der Waals surface area contributed by atoms with E-state index in [0.717, 1.165) is 23.9 Å². The number of aromatic nitrogens is 2. The van der Waals surface area contributed by atoms with Crippen molar-refractivity contribution in [2.24, 2.45) is 0 Å². The van der Waals surface area contributed by atoms with Gasteiger partial charge in [-0.1, -0.05) is 13.3 Å². The molecule has 0 radical (unpaired) electrons. The van der Waals surface area contributed by atoms with Crippen molar-refractivity contribution in [1.82, 2.24) is 14.5 Å². The summed E-state index contributed by atoms with van der Waals surface area (Å²) in [5.74, 6) is 1.89. The lowest BCUT2D eigenvalue weighted by atomic mass is 10.1. The minimum Gasteiger partial charge on any atom is -0.493 e. The molecule has 0 aliphatic heterocycles. The number of carbonyl (C=O) groups excluding carboxylic acids is 1. The van der Waals surface area contributed by atoms with Crippen LogP contribution in [0.15, 0.2) is 30.3 Å². The monoisotopic (exact) mass is 514 g/mol. The molecule has 0 bridgehead atoms. The van der Waals surface area contributed by atoms with Crippen LogP contribution in [0, 0.1) is 0 Å². The summed E-state index contributed by atoms with van der Waals surface area (Å²) in [7, 11) is 4.68. The second kappa shape index (κ2) is 12.6. The lowest BCUT2D eigenvalue weighted by molar-refractivity contribution is 0.0518. The average molecular weight is 515 g/mol. The molecule has 37 heavy (non-hydrogen) atoms. The highest BCUT2D eigenvalue weighted by atomic mass is 16.5. The molecule has 1 amide bonds. The second-order valence-electron chi connectivity index (χ2n) is 9.09. The van der Waals surface area contributed by atoms with E-state index in [4.69, 9.17) is 19.2 Å². The summed E-state index contributed by atoms with van der Waals surface area (Å²) in [5.41, 5.74) is 2.72. The predicted molar refractivity (Wildman–Crippen MR) is 143 cm³/mol. The van der Waals surface area contributed by atoms with Crippen LogP contribution in [0.3, 0.4) is 0 Å². The molecule has 0 saturated carbocycles. The average Bonchev–Trinajstić information content (AvgIpc) is 3.21. The van der Waals surface area contributed by atoms with Gasteiger partial charge >= 0.3 is 0 Å². The number of unbranched alkanes of at least 4 members (excludes halogenated alkanes) is 1. The summed E-state index contributed by atoms with van der Waals surface area (Å²) < 4.78 is 18.4. The number of amides is 1. The van der Waals surface area contributed by atoms with Crippen LogP contribution < -0.4 is 19.5 Å². The highest BCUT2D eigenvalue weighted by Crippen LogP contribution is 2.40. The molecule has 3 rings (SSSR count). The Morgan fingerprint density at radius 1 is 1.03 bits per heavy atom. The lowest BCUT2D eigenvalue weighted by Crippen LogP contribution is -2.40. The van der Waals surface area contributed by atoms with Crippen LogP contribution >= 0.6 is 0 Å². The van der Waals surface area contributed by atoms with Gasteiger partial charge < -0.3 is 39.2 Å². The molecular weight excluding hydrogens is 476 g/mol. The minimum atomic E-state index is -0.712. The van der Waals surface area contributed by atoms with Gasteiger partial charge in [0.1, 0.15) is 0 Å². The highest BCUT2D eigenvalue weighted by Gasteiger charge is 2.21. The predicted octanol–water partition coefficient (Wildman–Crippen LogP) is 3.81. The number of nitrogens with one attached hydrogen (secondary N) is 1. The van der Waals surface area contributed by atoms with Gasteiger partial charge in [-0.3, -0.25) is 4.79 Å². The van der Waals surface area contributed by atoms with E-state index in [2.05, 4.69) is 12.2 Å². The standard InChI is InChI=1S/C27H38N4O6/c1-7-8-11-31-22-12-19(26(34)30(15-17(2)32)16-18(3)33)9-10-21(22)29-27(31)28-20-13-23(35-4)25(37-6)24(14-20)36-5/h9-10,12-14,17-18,32-33H,7-8,11,15-16H2,1-6H3,(H,28,29). The van der Waals surface area contributed by atoms with Crippen molar-refractivity contribution in [3.63, 3.8) is 0 Å². The normalized spacial score (nSPS) is 12.8. The van der Waals surface area contributed by atoms with Crippen LogP contribution in [0.4, 0.5) is 11.6 Å². The van der Waals surface area contributed by atoms with Gasteiger partial charge in [0, 0.05) is 43.0 Å². The molecule has 3 N–H and O–H groups in total. The molecule has 2 aromatic carbocycles. The summed E-state index contributed by atoms with van der Waals surface area (Å²) in [6, 6.07) is 8.97. The maximum Gasteiger partial charge on any atom is 0.254 e. The topological polar surface area (TPSA) is 118 Å². The van der Waals surface area contributed by atoms with Gasteiger partial charge in [0.15, 0.2) is 11.5 Å². The largest absolute Gasteiger partial charge is 0.493 e. The van der Waals surface area contributed by atoms with Gasteiger partial charge in [-0.25, -0.2) is 4.98 Å². The lowest BCUT2D eigenvalue weighted by Gasteiger charge is -2.25. The number of aliphatic hydroxyl groups is 2. The number of nitrogens with zero attached hydrogens (tertiary/aromatic N) is 3. The summed E-state index contributed by atoms with van der Waals surface area (Å²) in [4.78, 5) is 19.6. The van der Waals surface area contributed by atoms with Gasteiger partial charge in [0.25, 0.3) is 5.91 Å². The Morgan fingerprint density at radius 3 is 2.16 bits per heavy atom. The number of imidazole rings is 1. The van der Waals surface area contributed by atoms with Crippen molar-refractivity contribution in [2.45, 2.75) is 52.4 Å². The van der Waals surface area contributed by atoms with Crippen molar-refractivity contribution in [2.75, 3.05) is 39.7 Å². The number of ether oxygens (including phenoxy) is 3. The van der Waals surface area contributed by atoms with E-state index in [9.17, 15) is 15.0 Å². The third kappa shape index (κ3) is 6.64. The number of benzene rings is 2. The Balaban J connectivity index is 2.04. The van der Waals surface area contributed by atoms with Crippen LogP contribution in [0.1, 0.15) is 44.0 Å². The minimum absolute atomic E-state index is 0.130. The van der Waals surface area contributed by atoms with Gasteiger partial charge in [0.05, 0.1) is 44.6 Å². The van der Waals surface area contributed by atoms with E-state index >= 15 is 0 Å². The van der Waals surface area contributed by atoms with Crippen LogP contribution in [-0.2, 0) is 6.54 Å². The number of hydrogen-bond acceptors (Lipinski definition) is 8. The first-order chi connectivity index (χ1) is 17.7. The van der Waals surface area contributed by atoms with Crippen molar-refractivity contribution in [1.29, 1.82) is 0 Å². The molecule has 0 fully saturated rings. The number of fused-ring (bicyclic) bond motifs is 1. The Bertz CT molecular complexity index is 1170. The quantitative estimate of drug-likeness (QED) is 0.315. The fraction of sp³-hybridized carbons (Fsp3) is 0.481. The maximum absolute atomic E-state index is 13.3. The summed E-state index contributed by atoms with van der Waals surface area (Å²) in [5, 5.41) is 23.1. The van der Waals surface area contributed by atoms with E-state index in [1.807, 2.05) is 28.8 Å². The van der Waals surface area contributed by atoms with E-state index in [1.54, 1.807) is 41.2 Å². The molecule has 1 heterocycles. The first-order valence-corrected chi connectivity index (χ1v) is 12.4. The molecule has 0 aliphatic rings. The Hall–Kier alpha value is -3.50. The molecule has 10 nitrogen and oxygen atoms in total. The molecular formula is C27H38N4O6. The molecule has 1 aromatic heterocycles. The van der Waals surface area contributed by atoms with Crippen molar-refractivity contribution < 1.29 is 29.2 Å². The number of carbonyl (C=O) groups is 1. The summed E-state index contributed by atoms with van der Waals surface area (Å²) in [6.07, 6.45) is 0.481. The smallest absolute Gasteiger partial charge is 0.254 e. The first kappa shape index (κ1) is 28.1. The number of aryl methyl sites for hydroxylation is 1. The SMILES string of the molecule is CCCCn1c(Nc2cc(OC)c(OC)c(OC)c2)nc2ccc(C(=O)N(CC(C)O)CC(C)O)cc21. The van der Waals surface area contributed by atoms with E-state index < -0.39 is 12.2 Å². The third-order valence-corrected chi connectivity index (χ3v) is 5.91. The molecule has 3 aromatic rings. The zero-order chi connectivity index (χ0) is 27.1. The van der Waals surface area contributed by atoms with E-state index in [0.29, 0.717) is 41.0 Å². The number of methoxy groups -OCH3 is 3. The van der Waals surface area contributed by atoms with Crippen LogP contribution in [0.25, 0.3) is 11.0 Å². The number of hydrogen-bond donors (Lipinski definition) is 3. The number of anilines is 2. The van der Waals surface area contributed by atoms with Gasteiger partial charge in [-0.15, -0.1) is 0 Å². The number of aliphatic hydroxyl groups excluding tert-OH is 2. The van der Waals surface area contributed by atoms with Crippen LogP contribution in [0.2, 0.25) is 0 Å². The first-order valence-electron chi connectivity index (χ1n) is 12.4. The molecule has 2 unspecified atom stereocenters. The molecule has 0 spiro atoms. The van der Waals surface area contributed by atoms with Gasteiger partial charge in [0.2, 0.25) is 11.7 Å². The van der Waals surface area contributed by atoms with Crippen molar-refractivity contribution >= 4 is 28.6 Å². The Labute approximate surface area is 217 Å². The van der Waals surface area contributed by atoms with Crippen molar-refractivity contribution in [3.05, 3.63) is 35.9 Å². The maximum atomic E-state index is 13.3. The summed E-state index contributed by atoms with van der Waals surface area (Å²) >= 11 is 0. The zero-order valence-corrected chi connectivity index (χ0v) is 22.4. The van der Waals surface area contributed by atoms with E-state index in [-0.39, 0.29) is 19.0 Å². The third-order valence-electron chi connectivity index (χ3n) is 5.91. The highest BCUT2D eigenvalue weighted by molar-refractivity contribution is 5.98. The fourth-order valence-corrected chi connectivity index (χ4v) is 4.24. The van der Waals surface area contributed by atoms with Crippen LogP contribution in [0.5, 0.6) is 17.2 Å². The summed E-state index contributed by atoms with van der Waals surface area (Å²) in [6.45, 7) is 6.31. The van der Waals surface area contributed by atoms with Gasteiger partial charge in [-0.2, -0.15) is 0 Å². The van der Waals surface area contributed by atoms with E-state index in [1.165, 1.54) is 4.90 Å². The van der Waals surface area contributed by atoms with Gasteiger partial charge in [-0.05, 0) is 38.5 Å². The molecule has 202 valence electrons. The Kier molecular flexibility index (Phi) is 9.60. The fourth-order valence-electron chi connectivity index (χ4n) is 4.24. The second-order valence-corrected chi connectivity index (χ2v) is 9.09. The zero-order valence-electron chi connectivity index (χ0n) is 22.4. The molecule has 2 atom stereocenters. The van der Waals surface area contributed by atoms with Crippen molar-refractivity contribution in [3.8, 4) is 17.2 Å².